The average molecular weight is 649 g/mol. The first-order valence-corrected chi connectivity index (χ1v) is 15.0. The third kappa shape index (κ3) is 22.4. The van der Waals surface area contributed by atoms with Crippen molar-refractivity contribution in [2.45, 2.75) is 76.2 Å². The summed E-state index contributed by atoms with van der Waals surface area (Å²) in [4.78, 5) is 57.1. The van der Waals surface area contributed by atoms with Crippen LogP contribution in [0.4, 0.5) is 0 Å². The van der Waals surface area contributed by atoms with Gasteiger partial charge in [-0.25, -0.2) is 14.5 Å². The number of carbonyl (C=O) groups excluding carboxylic acids is 6. The minimum absolute atomic E-state index is 0.250. The van der Waals surface area contributed by atoms with E-state index in [0.29, 0.717) is 0 Å². The summed E-state index contributed by atoms with van der Waals surface area (Å²) in [6.07, 6.45) is 12.6. The van der Waals surface area contributed by atoms with Crippen LogP contribution in [0.1, 0.15) is 72.3 Å². The van der Waals surface area contributed by atoms with E-state index in [1.807, 2.05) is 129 Å². The molecule has 12 heteroatoms. The number of fused-ring (bicyclic) bond motifs is 3. The Kier molecular flexibility index (Phi) is 35.5. The molecule has 47 heavy (non-hydrogen) atoms. The Bertz CT molecular complexity index is 1390. The molecule has 6 rings (SSSR count). The quantitative estimate of drug-likeness (QED) is 0.165. The second-order valence-corrected chi connectivity index (χ2v) is 7.36. The van der Waals surface area contributed by atoms with Gasteiger partial charge in [-0.3, -0.25) is 0 Å². The van der Waals surface area contributed by atoms with E-state index >= 15 is 0 Å². The van der Waals surface area contributed by atoms with E-state index in [1.165, 1.54) is 11.1 Å². The zero-order valence-corrected chi connectivity index (χ0v) is 29.3. The number of aromatic nitrogens is 6. The number of pyridine rings is 2. The first kappa shape index (κ1) is 48.1. The van der Waals surface area contributed by atoms with E-state index in [1.54, 1.807) is 10.7 Å². The molecule has 12 nitrogen and oxygen atoms in total. The van der Waals surface area contributed by atoms with Crippen LogP contribution in [0.2, 0.25) is 0 Å². The van der Waals surface area contributed by atoms with Crippen molar-refractivity contribution in [1.82, 2.24) is 28.4 Å². The van der Waals surface area contributed by atoms with Crippen LogP contribution in [0.3, 0.4) is 0 Å². The molecule has 6 aromatic rings. The Morgan fingerprint density at radius 2 is 1.06 bits per heavy atom. The first-order chi connectivity index (χ1) is 22.8. The SMILES string of the molecule is CC.CC.CC.CC.Cc1cc2ccccn2c1.Cc1cc2ncccn2n1.Cc1cn2ccccc2n1.O=C=O.O=C=O.O=C=O. The van der Waals surface area contributed by atoms with Crippen LogP contribution < -0.4 is 0 Å². The fourth-order valence-electron chi connectivity index (χ4n) is 3.21. The summed E-state index contributed by atoms with van der Waals surface area (Å²) in [7, 11) is 0. The van der Waals surface area contributed by atoms with E-state index < -0.39 is 0 Å². The van der Waals surface area contributed by atoms with Gasteiger partial charge in [0.25, 0.3) is 0 Å². The van der Waals surface area contributed by atoms with Gasteiger partial charge < -0.3 is 8.80 Å². The number of hydrogen-bond acceptors (Lipinski definition) is 9. The molecule has 254 valence electrons. The second kappa shape index (κ2) is 34.7. The van der Waals surface area contributed by atoms with Gasteiger partial charge in [0.2, 0.25) is 0 Å². The zero-order valence-electron chi connectivity index (χ0n) is 29.3. The van der Waals surface area contributed by atoms with E-state index in [0.717, 1.165) is 22.7 Å². The molecule has 6 heterocycles. The van der Waals surface area contributed by atoms with E-state index in [4.69, 9.17) is 28.8 Å². The topological polar surface area (TPSA) is 154 Å². The van der Waals surface area contributed by atoms with Crippen molar-refractivity contribution in [3.63, 3.8) is 0 Å². The van der Waals surface area contributed by atoms with E-state index in [-0.39, 0.29) is 18.5 Å². The maximum absolute atomic E-state index is 8.12. The third-order valence-corrected chi connectivity index (χ3v) is 4.48. The molecule has 0 aliphatic heterocycles. The smallest absolute Gasteiger partial charge is 0.324 e. The van der Waals surface area contributed by atoms with Gasteiger partial charge in [0.1, 0.15) is 5.65 Å². The first-order valence-electron chi connectivity index (χ1n) is 15.0. The maximum Gasteiger partial charge on any atom is 0.373 e. The molecule has 0 amide bonds. The van der Waals surface area contributed by atoms with Crippen molar-refractivity contribution < 1.29 is 28.8 Å². The molecule has 0 radical (unpaired) electrons. The van der Waals surface area contributed by atoms with Crippen LogP contribution in [-0.4, -0.2) is 46.8 Å². The van der Waals surface area contributed by atoms with Gasteiger partial charge in [-0.1, -0.05) is 67.5 Å². The molecule has 0 fully saturated rings. The average Bonchev–Trinajstić information content (AvgIpc) is 3.80. The van der Waals surface area contributed by atoms with Crippen LogP contribution in [-0.2, 0) is 28.8 Å². The number of nitrogens with zero attached hydrogens (tertiary/aromatic N) is 6. The molecule has 0 bridgehead atoms. The molecular weight excluding hydrogens is 600 g/mol. The molecule has 0 spiro atoms. The predicted molar refractivity (Wildman–Crippen MR) is 180 cm³/mol. The number of imidazole rings is 1. The largest absolute Gasteiger partial charge is 0.373 e. The maximum atomic E-state index is 8.12. The van der Waals surface area contributed by atoms with Crippen molar-refractivity contribution in [3.8, 4) is 0 Å². The van der Waals surface area contributed by atoms with Crippen LogP contribution in [0.5, 0.6) is 0 Å². The minimum Gasteiger partial charge on any atom is -0.324 e. The number of hydrogen-bond donors (Lipinski definition) is 0. The highest BCUT2D eigenvalue weighted by Gasteiger charge is 1.94. The van der Waals surface area contributed by atoms with Gasteiger partial charge in [-0.2, -0.15) is 33.9 Å². The highest BCUT2D eigenvalue weighted by molar-refractivity contribution is 5.49. The second-order valence-electron chi connectivity index (χ2n) is 7.36. The Morgan fingerprint density at radius 1 is 0.553 bits per heavy atom. The van der Waals surface area contributed by atoms with Gasteiger partial charge in [0, 0.05) is 48.8 Å². The summed E-state index contributed by atoms with van der Waals surface area (Å²) in [5, 5.41) is 4.17. The van der Waals surface area contributed by atoms with Gasteiger partial charge in [0.15, 0.2) is 5.65 Å². The van der Waals surface area contributed by atoms with E-state index in [2.05, 4.69) is 57.0 Å². The van der Waals surface area contributed by atoms with Gasteiger partial charge in [0.05, 0.1) is 11.4 Å². The Hall–Kier alpha value is -5.79. The molecule has 0 unspecified atom stereocenters. The van der Waals surface area contributed by atoms with Gasteiger partial charge in [-0.15, -0.1) is 0 Å². The van der Waals surface area contributed by atoms with Crippen LogP contribution in [0.25, 0.3) is 16.8 Å². The van der Waals surface area contributed by atoms with Crippen molar-refractivity contribution >= 4 is 35.3 Å². The van der Waals surface area contributed by atoms with E-state index in [9.17, 15) is 0 Å². The van der Waals surface area contributed by atoms with Crippen molar-refractivity contribution in [3.05, 3.63) is 109 Å². The van der Waals surface area contributed by atoms with Crippen molar-refractivity contribution in [2.75, 3.05) is 0 Å². The fourth-order valence-corrected chi connectivity index (χ4v) is 3.21. The summed E-state index contributed by atoms with van der Waals surface area (Å²) in [5.41, 5.74) is 6.55. The summed E-state index contributed by atoms with van der Waals surface area (Å²) in [6.45, 7) is 22.1. The summed E-state index contributed by atoms with van der Waals surface area (Å²) >= 11 is 0. The predicted octanol–water partition coefficient (Wildman–Crippen LogP) is 7.28. The van der Waals surface area contributed by atoms with Crippen LogP contribution in [0.15, 0.2) is 91.8 Å². The lowest BCUT2D eigenvalue weighted by atomic mass is 10.3. The normalized spacial score (nSPS) is 7.72. The Balaban J connectivity index is -0.000000240. The lowest BCUT2D eigenvalue weighted by Crippen LogP contribution is -1.86. The monoisotopic (exact) mass is 648 g/mol. The number of rotatable bonds is 0. The molecule has 0 atom stereocenters. The van der Waals surface area contributed by atoms with Crippen molar-refractivity contribution in [2.24, 2.45) is 0 Å². The minimum atomic E-state index is 0.250. The zero-order chi connectivity index (χ0) is 37.0. The molecule has 0 N–H and O–H groups in total. The number of aryl methyl sites for hydroxylation is 3. The molecule has 0 saturated carbocycles. The fraction of sp³-hybridized carbons (Fsp3) is 0.314. The van der Waals surface area contributed by atoms with Gasteiger partial charge in [-0.05, 0) is 62.7 Å². The summed E-state index contributed by atoms with van der Waals surface area (Å²) in [5.74, 6) is 0. The lowest BCUT2D eigenvalue weighted by Gasteiger charge is -1.88. The Morgan fingerprint density at radius 3 is 1.55 bits per heavy atom. The summed E-state index contributed by atoms with van der Waals surface area (Å²) < 4.78 is 5.89. The molecule has 6 aromatic heterocycles. The molecule has 0 aliphatic rings. The molecule has 0 saturated heterocycles. The van der Waals surface area contributed by atoms with Crippen molar-refractivity contribution in [1.29, 1.82) is 0 Å². The molecule has 0 aliphatic carbocycles. The Labute approximate surface area is 277 Å². The molecular formula is C35H48N6O6. The standard InChI is InChI=1S/C9H9N.C8H8N2.C7H7N3.4C2H6.3CO2/c1-8-6-9-4-2-3-5-10(9)7-8;1-7-6-10-5-3-2-4-8(10)9-7;1-6-5-7-8-3-2-4-10(7)9-6;4*1-2;3*2-1-3/h2-7H,1H3;2-6H,1H3;2-5H,1H3;4*1-2H3;;;. The lowest BCUT2D eigenvalue weighted by molar-refractivity contribution is -0.193. The summed E-state index contributed by atoms with van der Waals surface area (Å²) in [6, 6.07) is 18.1. The third-order valence-electron chi connectivity index (χ3n) is 4.48. The highest BCUT2D eigenvalue weighted by Crippen LogP contribution is 2.07. The van der Waals surface area contributed by atoms with Gasteiger partial charge >= 0.3 is 18.5 Å². The molecule has 0 aromatic carbocycles. The highest BCUT2D eigenvalue weighted by atomic mass is 16.2. The van der Waals surface area contributed by atoms with Crippen LogP contribution in [0, 0.1) is 20.8 Å². The van der Waals surface area contributed by atoms with Crippen LogP contribution >= 0.6 is 0 Å².